The fourth-order valence-corrected chi connectivity index (χ4v) is 2.24. The molecule has 0 bridgehead atoms. The van der Waals surface area contributed by atoms with E-state index in [-0.39, 0.29) is 11.8 Å². The van der Waals surface area contributed by atoms with Crippen LogP contribution in [0.4, 0.5) is 4.79 Å². The molecule has 2 atom stereocenters. The minimum Gasteiger partial charge on any atom is -0.481 e. The van der Waals surface area contributed by atoms with Gasteiger partial charge in [0.05, 0.1) is 6.42 Å². The van der Waals surface area contributed by atoms with Crippen LogP contribution in [0.5, 0.6) is 0 Å². The molecule has 0 aliphatic heterocycles. The second-order valence-corrected chi connectivity index (χ2v) is 8.63. The van der Waals surface area contributed by atoms with E-state index in [1.54, 1.807) is 20.8 Å². The van der Waals surface area contributed by atoms with Crippen molar-refractivity contribution < 1.29 is 29.0 Å². The molecule has 9 nitrogen and oxygen atoms in total. The molecule has 0 aromatic rings. The van der Waals surface area contributed by atoms with Gasteiger partial charge in [-0.05, 0) is 39.0 Å². The molecule has 3 amide bonds. The molecule has 0 saturated heterocycles. The van der Waals surface area contributed by atoms with Crippen LogP contribution in [0.2, 0.25) is 0 Å². The van der Waals surface area contributed by atoms with E-state index in [1.807, 2.05) is 27.7 Å². The van der Waals surface area contributed by atoms with E-state index in [0.29, 0.717) is 13.0 Å². The molecule has 9 heteroatoms. The minimum absolute atomic E-state index is 0.0679. The highest BCUT2D eigenvalue weighted by atomic mass is 16.6. The smallest absolute Gasteiger partial charge is 0.408 e. The molecule has 0 aliphatic rings. The average Bonchev–Trinajstić information content (AvgIpc) is 2.48. The Labute approximate surface area is 167 Å². The lowest BCUT2D eigenvalue weighted by Gasteiger charge is -2.25. The van der Waals surface area contributed by atoms with E-state index in [2.05, 4.69) is 16.0 Å². The molecule has 0 aromatic heterocycles. The van der Waals surface area contributed by atoms with Crippen LogP contribution in [-0.2, 0) is 19.1 Å². The van der Waals surface area contributed by atoms with E-state index in [9.17, 15) is 19.2 Å². The summed E-state index contributed by atoms with van der Waals surface area (Å²) in [5.74, 6) is -2.19. The molecule has 0 fully saturated rings. The van der Waals surface area contributed by atoms with E-state index in [1.165, 1.54) is 0 Å². The number of carboxylic acids is 1. The van der Waals surface area contributed by atoms with Crippen molar-refractivity contribution >= 4 is 23.9 Å². The third kappa shape index (κ3) is 12.1. The summed E-state index contributed by atoms with van der Waals surface area (Å²) in [4.78, 5) is 48.1. The van der Waals surface area contributed by atoms with Gasteiger partial charge in [-0.25, -0.2) is 4.79 Å². The van der Waals surface area contributed by atoms with Gasteiger partial charge in [0.1, 0.15) is 17.7 Å². The lowest BCUT2D eigenvalue weighted by atomic mass is 10.0. The van der Waals surface area contributed by atoms with Crippen LogP contribution in [-0.4, -0.2) is 53.2 Å². The van der Waals surface area contributed by atoms with Crippen molar-refractivity contribution in [2.75, 3.05) is 6.54 Å². The maximum absolute atomic E-state index is 12.7. The molecule has 0 radical (unpaired) electrons. The van der Waals surface area contributed by atoms with Crippen LogP contribution in [0.1, 0.15) is 61.3 Å². The number of amides is 3. The van der Waals surface area contributed by atoms with Crippen LogP contribution in [0.15, 0.2) is 0 Å². The van der Waals surface area contributed by atoms with Crippen LogP contribution in [0.25, 0.3) is 0 Å². The summed E-state index contributed by atoms with van der Waals surface area (Å²) in [6, 6.07) is -2.19. The fraction of sp³-hybridized carbons (Fsp3) is 0.789. The summed E-state index contributed by atoms with van der Waals surface area (Å²) in [7, 11) is 0. The topological polar surface area (TPSA) is 134 Å². The summed E-state index contributed by atoms with van der Waals surface area (Å²) >= 11 is 0. The highest BCUT2D eigenvalue weighted by molar-refractivity contribution is 5.93. The lowest BCUT2D eigenvalue weighted by molar-refractivity contribution is -0.140. The van der Waals surface area contributed by atoms with Gasteiger partial charge in [-0.3, -0.25) is 14.4 Å². The zero-order valence-electron chi connectivity index (χ0n) is 17.9. The van der Waals surface area contributed by atoms with Gasteiger partial charge in [0.2, 0.25) is 11.8 Å². The van der Waals surface area contributed by atoms with Gasteiger partial charge in [0.25, 0.3) is 0 Å². The molecule has 0 spiro atoms. The van der Waals surface area contributed by atoms with Gasteiger partial charge in [-0.15, -0.1) is 0 Å². The van der Waals surface area contributed by atoms with Crippen molar-refractivity contribution in [2.24, 2.45) is 11.8 Å². The van der Waals surface area contributed by atoms with Crippen molar-refractivity contribution in [1.29, 1.82) is 0 Å². The maximum Gasteiger partial charge on any atom is 0.408 e. The van der Waals surface area contributed by atoms with Gasteiger partial charge >= 0.3 is 12.1 Å². The van der Waals surface area contributed by atoms with E-state index in [4.69, 9.17) is 9.84 Å². The first-order valence-corrected chi connectivity index (χ1v) is 9.50. The average molecular weight is 402 g/mol. The molecule has 0 aliphatic carbocycles. The fourth-order valence-electron chi connectivity index (χ4n) is 2.24. The molecule has 0 aromatic carbocycles. The first-order valence-electron chi connectivity index (χ1n) is 9.50. The number of ether oxygens (including phenoxy) is 1. The number of nitrogens with one attached hydrogen (secondary N) is 3. The number of carboxylic acid groups (broad SMARTS) is 1. The molecule has 0 saturated carbocycles. The quantitative estimate of drug-likeness (QED) is 0.440. The third-order valence-corrected chi connectivity index (χ3v) is 3.41. The summed E-state index contributed by atoms with van der Waals surface area (Å²) in [6.07, 6.45) is -1.01. The van der Waals surface area contributed by atoms with Gasteiger partial charge in [-0.2, -0.15) is 0 Å². The van der Waals surface area contributed by atoms with E-state index < -0.39 is 48.0 Å². The second-order valence-electron chi connectivity index (χ2n) is 8.63. The zero-order valence-corrected chi connectivity index (χ0v) is 17.9. The number of alkyl carbamates (subject to hydrolysis) is 1. The number of rotatable bonds is 10. The van der Waals surface area contributed by atoms with Gasteiger partial charge in [0, 0.05) is 6.54 Å². The standard InChI is InChI=1S/C19H35N3O6/c1-11(2)8-13(22-18(27)28-19(5,6)7)17(26)21-14(9-15(23)24)16(25)20-10-12(3)4/h11-14H,8-10H2,1-7H3,(H,20,25)(H,21,26)(H,22,27)(H,23,24)/t13-,14-/m0/s1. The van der Waals surface area contributed by atoms with Crippen LogP contribution in [0, 0.1) is 11.8 Å². The Kier molecular flexibility index (Phi) is 10.6. The second kappa shape index (κ2) is 11.5. The first kappa shape index (κ1) is 25.7. The Hall–Kier alpha value is -2.32. The molecule has 0 heterocycles. The van der Waals surface area contributed by atoms with Gasteiger partial charge in [0.15, 0.2) is 0 Å². The summed E-state index contributed by atoms with van der Waals surface area (Å²) in [5, 5.41) is 16.6. The maximum atomic E-state index is 12.7. The number of aliphatic carboxylic acids is 1. The van der Waals surface area contributed by atoms with E-state index in [0.717, 1.165) is 0 Å². The number of hydrogen-bond acceptors (Lipinski definition) is 5. The molecule has 162 valence electrons. The monoisotopic (exact) mass is 401 g/mol. The Morgan fingerprint density at radius 3 is 1.89 bits per heavy atom. The van der Waals surface area contributed by atoms with Gasteiger partial charge < -0.3 is 25.8 Å². The molecule has 4 N–H and O–H groups in total. The highest BCUT2D eigenvalue weighted by Gasteiger charge is 2.30. The Balaban J connectivity index is 5.20. The molecule has 0 rings (SSSR count). The molecule has 0 unspecified atom stereocenters. The molecular formula is C19H35N3O6. The Morgan fingerprint density at radius 2 is 1.46 bits per heavy atom. The number of carbonyl (C=O) groups is 4. The van der Waals surface area contributed by atoms with Crippen molar-refractivity contribution in [3.05, 3.63) is 0 Å². The van der Waals surface area contributed by atoms with Gasteiger partial charge in [-0.1, -0.05) is 27.7 Å². The molecule has 28 heavy (non-hydrogen) atoms. The zero-order chi connectivity index (χ0) is 22.1. The van der Waals surface area contributed by atoms with Crippen molar-refractivity contribution in [3.8, 4) is 0 Å². The number of hydrogen-bond donors (Lipinski definition) is 4. The van der Waals surface area contributed by atoms with E-state index >= 15 is 0 Å². The predicted octanol–water partition coefficient (Wildman–Crippen LogP) is 1.66. The van der Waals surface area contributed by atoms with Crippen molar-refractivity contribution in [3.63, 3.8) is 0 Å². The largest absolute Gasteiger partial charge is 0.481 e. The van der Waals surface area contributed by atoms with Crippen LogP contribution < -0.4 is 16.0 Å². The van der Waals surface area contributed by atoms with Crippen molar-refractivity contribution in [1.82, 2.24) is 16.0 Å². The SMILES string of the molecule is CC(C)CNC(=O)[C@H](CC(=O)O)NC(=O)[C@H](CC(C)C)NC(=O)OC(C)(C)C. The lowest BCUT2D eigenvalue weighted by Crippen LogP contribution is -2.55. The Bertz CT molecular complexity index is 554. The summed E-state index contributed by atoms with van der Waals surface area (Å²) in [6.45, 7) is 13.0. The predicted molar refractivity (Wildman–Crippen MR) is 105 cm³/mol. The summed E-state index contributed by atoms with van der Waals surface area (Å²) in [5.41, 5.74) is -0.731. The van der Waals surface area contributed by atoms with Crippen molar-refractivity contribution in [2.45, 2.75) is 79.0 Å². The minimum atomic E-state index is -1.24. The third-order valence-electron chi connectivity index (χ3n) is 3.41. The Morgan fingerprint density at radius 1 is 0.893 bits per heavy atom. The highest BCUT2D eigenvalue weighted by Crippen LogP contribution is 2.10. The van der Waals surface area contributed by atoms with Crippen LogP contribution >= 0.6 is 0 Å². The molecular weight excluding hydrogens is 366 g/mol. The normalized spacial score (nSPS) is 13.6. The first-order chi connectivity index (χ1) is 12.7. The number of carbonyl (C=O) groups excluding carboxylic acids is 3. The van der Waals surface area contributed by atoms with Crippen LogP contribution in [0.3, 0.4) is 0 Å². The summed E-state index contributed by atoms with van der Waals surface area (Å²) < 4.78 is 5.18.